The number of likely N-dealkylation sites (tertiary alicyclic amines) is 1. The van der Waals surface area contributed by atoms with E-state index in [0.717, 1.165) is 56.2 Å². The molecule has 152 valence electrons. The molecule has 2 aliphatic rings. The van der Waals surface area contributed by atoms with Crippen molar-refractivity contribution < 1.29 is 9.90 Å². The number of carbonyl (C=O) groups excluding carboxylic acids is 1. The van der Waals surface area contributed by atoms with Gasteiger partial charge in [0.15, 0.2) is 5.60 Å². The van der Waals surface area contributed by atoms with Gasteiger partial charge in [-0.05, 0) is 57.6 Å². The lowest BCUT2D eigenvalue weighted by molar-refractivity contribution is -0.156. The molecule has 1 aromatic heterocycles. The number of hydrogen-bond donors (Lipinski definition) is 3. The molecular weight excluding hydrogens is 340 g/mol. The normalized spacial score (nSPS) is 24.6. The zero-order valence-corrected chi connectivity index (χ0v) is 17.0. The van der Waals surface area contributed by atoms with Crippen LogP contribution in [0.2, 0.25) is 0 Å². The zero-order valence-electron chi connectivity index (χ0n) is 17.0. The maximum absolute atomic E-state index is 12.9. The Morgan fingerprint density at radius 3 is 2.74 bits per heavy atom. The highest BCUT2D eigenvalue weighted by molar-refractivity contribution is 5.86. The number of aromatic amines is 1. The minimum Gasteiger partial charge on any atom is -0.379 e. The summed E-state index contributed by atoms with van der Waals surface area (Å²) in [6, 6.07) is 0. The van der Waals surface area contributed by atoms with Crippen LogP contribution in [-0.4, -0.2) is 57.9 Å². The first-order valence-corrected chi connectivity index (χ1v) is 10.7. The number of aromatic nitrogens is 2. The number of hydrogen-bond acceptors (Lipinski definition) is 4. The molecule has 2 fully saturated rings. The van der Waals surface area contributed by atoms with Crippen LogP contribution in [0, 0.1) is 19.8 Å². The van der Waals surface area contributed by atoms with Gasteiger partial charge in [-0.15, -0.1) is 0 Å². The summed E-state index contributed by atoms with van der Waals surface area (Å²) in [6.45, 7) is 6.69. The largest absolute Gasteiger partial charge is 0.379 e. The van der Waals surface area contributed by atoms with Crippen molar-refractivity contribution in [3.8, 4) is 0 Å². The van der Waals surface area contributed by atoms with Crippen molar-refractivity contribution in [1.82, 2.24) is 20.4 Å². The predicted molar refractivity (Wildman–Crippen MR) is 107 cm³/mol. The summed E-state index contributed by atoms with van der Waals surface area (Å²) in [7, 11) is 0. The van der Waals surface area contributed by atoms with Gasteiger partial charge in [-0.3, -0.25) is 9.89 Å². The van der Waals surface area contributed by atoms with Crippen LogP contribution < -0.4 is 5.32 Å². The molecule has 1 saturated carbocycles. The van der Waals surface area contributed by atoms with Crippen molar-refractivity contribution >= 4 is 5.91 Å². The van der Waals surface area contributed by atoms with Gasteiger partial charge in [-0.1, -0.05) is 32.1 Å². The van der Waals surface area contributed by atoms with E-state index in [1.165, 1.54) is 37.7 Å². The van der Waals surface area contributed by atoms with E-state index in [1.807, 2.05) is 18.7 Å². The summed E-state index contributed by atoms with van der Waals surface area (Å²) in [5.41, 5.74) is 2.09. The van der Waals surface area contributed by atoms with Gasteiger partial charge in [0.25, 0.3) is 5.91 Å². The van der Waals surface area contributed by atoms with Crippen LogP contribution in [-0.2, 0) is 11.2 Å². The van der Waals surface area contributed by atoms with E-state index < -0.39 is 5.60 Å². The quantitative estimate of drug-likeness (QED) is 0.609. The molecule has 1 aromatic rings. The van der Waals surface area contributed by atoms with Crippen LogP contribution in [0.25, 0.3) is 0 Å². The molecule has 0 spiro atoms. The van der Waals surface area contributed by atoms with Gasteiger partial charge in [0.1, 0.15) is 0 Å². The van der Waals surface area contributed by atoms with Gasteiger partial charge in [0.2, 0.25) is 0 Å². The molecule has 2 heterocycles. The van der Waals surface area contributed by atoms with Gasteiger partial charge in [-0.25, -0.2) is 0 Å². The second-order valence-corrected chi connectivity index (χ2v) is 8.56. The van der Waals surface area contributed by atoms with Crippen LogP contribution in [0.4, 0.5) is 0 Å². The van der Waals surface area contributed by atoms with Crippen molar-refractivity contribution in [3.63, 3.8) is 0 Å². The third kappa shape index (κ3) is 5.11. The highest BCUT2D eigenvalue weighted by Crippen LogP contribution is 2.28. The number of piperidine rings is 1. The summed E-state index contributed by atoms with van der Waals surface area (Å²) in [5, 5.41) is 21.5. The first kappa shape index (κ1) is 20.3. The molecule has 0 bridgehead atoms. The summed E-state index contributed by atoms with van der Waals surface area (Å²) in [6.07, 6.45) is 10.0. The van der Waals surface area contributed by atoms with Crippen LogP contribution >= 0.6 is 0 Å². The second kappa shape index (κ2) is 9.20. The number of carbonyl (C=O) groups is 1. The van der Waals surface area contributed by atoms with Crippen molar-refractivity contribution in [3.05, 3.63) is 17.0 Å². The van der Waals surface area contributed by atoms with Gasteiger partial charge < -0.3 is 15.3 Å². The predicted octanol–water partition coefficient (Wildman–Crippen LogP) is 2.48. The fourth-order valence-electron chi connectivity index (χ4n) is 4.71. The Morgan fingerprint density at radius 2 is 2.04 bits per heavy atom. The molecule has 6 heteroatoms. The molecule has 6 nitrogen and oxygen atoms in total. The molecule has 1 atom stereocenters. The monoisotopic (exact) mass is 376 g/mol. The Hall–Kier alpha value is -1.40. The van der Waals surface area contributed by atoms with Gasteiger partial charge >= 0.3 is 0 Å². The highest BCUT2D eigenvalue weighted by Gasteiger charge is 2.41. The number of amides is 1. The first-order chi connectivity index (χ1) is 13.0. The summed E-state index contributed by atoms with van der Waals surface area (Å²) < 4.78 is 0. The fourth-order valence-corrected chi connectivity index (χ4v) is 4.71. The summed E-state index contributed by atoms with van der Waals surface area (Å²) >= 11 is 0. The van der Waals surface area contributed by atoms with Gasteiger partial charge in [0, 0.05) is 25.3 Å². The van der Waals surface area contributed by atoms with Crippen LogP contribution in [0.1, 0.15) is 68.3 Å². The average molecular weight is 377 g/mol. The molecule has 1 aliphatic carbocycles. The Morgan fingerprint density at radius 1 is 1.26 bits per heavy atom. The van der Waals surface area contributed by atoms with Crippen LogP contribution in [0.3, 0.4) is 0 Å². The number of nitrogens with one attached hydrogen (secondary N) is 2. The SMILES string of the molecule is Cc1n[nH]c(C)c1CCNCC1(O)CCCN(CCC2CCCCC2)C1=O. The number of nitrogens with zero attached hydrogens (tertiary/aromatic N) is 2. The topological polar surface area (TPSA) is 81.2 Å². The Bertz CT molecular complexity index is 604. The van der Waals surface area contributed by atoms with E-state index in [9.17, 15) is 9.90 Å². The third-order valence-corrected chi connectivity index (χ3v) is 6.49. The second-order valence-electron chi connectivity index (χ2n) is 8.56. The van der Waals surface area contributed by atoms with Crippen molar-refractivity contribution in [2.45, 2.75) is 77.2 Å². The van der Waals surface area contributed by atoms with E-state index in [2.05, 4.69) is 15.5 Å². The van der Waals surface area contributed by atoms with Gasteiger partial charge in [-0.2, -0.15) is 5.10 Å². The molecule has 3 N–H and O–H groups in total. The molecule has 27 heavy (non-hydrogen) atoms. The molecule has 1 saturated heterocycles. The Balaban J connectivity index is 1.45. The Kier molecular flexibility index (Phi) is 6.93. The highest BCUT2D eigenvalue weighted by atomic mass is 16.3. The Labute approximate surface area is 163 Å². The average Bonchev–Trinajstić information content (AvgIpc) is 2.99. The maximum atomic E-state index is 12.9. The van der Waals surface area contributed by atoms with Gasteiger partial charge in [0.05, 0.1) is 5.69 Å². The van der Waals surface area contributed by atoms with E-state index in [0.29, 0.717) is 13.0 Å². The fraction of sp³-hybridized carbons (Fsp3) is 0.810. The van der Waals surface area contributed by atoms with Crippen molar-refractivity contribution in [1.29, 1.82) is 0 Å². The molecule has 1 unspecified atom stereocenters. The van der Waals surface area contributed by atoms with E-state index >= 15 is 0 Å². The standard InChI is InChI=1S/C21H36N4O2/c1-16-19(17(2)24-23-16)9-12-22-15-21(27)11-6-13-25(20(21)26)14-10-18-7-4-3-5-8-18/h18,22,27H,3-15H2,1-2H3,(H,23,24). The number of rotatable bonds is 8. The zero-order chi connectivity index (χ0) is 19.3. The van der Waals surface area contributed by atoms with E-state index in [1.54, 1.807) is 0 Å². The lowest BCUT2D eigenvalue weighted by Crippen LogP contribution is -2.58. The molecule has 1 amide bonds. The first-order valence-electron chi connectivity index (χ1n) is 10.7. The van der Waals surface area contributed by atoms with Crippen molar-refractivity contribution in [2.75, 3.05) is 26.2 Å². The number of aryl methyl sites for hydroxylation is 2. The lowest BCUT2D eigenvalue weighted by atomic mass is 9.86. The minimum absolute atomic E-state index is 0.0762. The molecule has 1 aliphatic heterocycles. The summed E-state index contributed by atoms with van der Waals surface area (Å²) in [4.78, 5) is 14.8. The number of aliphatic hydroxyl groups is 1. The minimum atomic E-state index is -1.24. The van der Waals surface area contributed by atoms with E-state index in [4.69, 9.17) is 0 Å². The lowest BCUT2D eigenvalue weighted by Gasteiger charge is -2.39. The number of H-pyrrole nitrogens is 1. The molecule has 0 radical (unpaired) electrons. The van der Waals surface area contributed by atoms with Crippen molar-refractivity contribution in [2.24, 2.45) is 5.92 Å². The third-order valence-electron chi connectivity index (χ3n) is 6.49. The molecular formula is C21H36N4O2. The summed E-state index contributed by atoms with van der Waals surface area (Å²) in [5.74, 6) is 0.689. The smallest absolute Gasteiger partial charge is 0.255 e. The maximum Gasteiger partial charge on any atom is 0.255 e. The van der Waals surface area contributed by atoms with Crippen LogP contribution in [0.5, 0.6) is 0 Å². The molecule has 0 aromatic carbocycles. The molecule has 3 rings (SSSR count). The van der Waals surface area contributed by atoms with E-state index in [-0.39, 0.29) is 5.91 Å². The van der Waals surface area contributed by atoms with Crippen LogP contribution in [0.15, 0.2) is 0 Å².